The number of aromatic carboxylic acids is 1. The number of unbranched alkanes of at least 4 members (excludes halogenated alkanes) is 2. The highest BCUT2D eigenvalue weighted by Gasteiger charge is 2.16. The minimum atomic E-state index is -0.962. The van der Waals surface area contributed by atoms with Gasteiger partial charge in [0.05, 0.1) is 13.2 Å². The Morgan fingerprint density at radius 1 is 1.00 bits per heavy atom. The van der Waals surface area contributed by atoms with Crippen LogP contribution >= 0.6 is 0 Å². The summed E-state index contributed by atoms with van der Waals surface area (Å²) >= 11 is 0. The van der Waals surface area contributed by atoms with Gasteiger partial charge in [-0.2, -0.15) is 0 Å². The molecule has 21 heavy (non-hydrogen) atoms. The number of hydrogen-bond donors (Lipinski definition) is 1. The van der Waals surface area contributed by atoms with Gasteiger partial charge in [0.2, 0.25) is 0 Å². The van der Waals surface area contributed by atoms with Crippen molar-refractivity contribution in [2.24, 2.45) is 0 Å². The van der Waals surface area contributed by atoms with E-state index >= 15 is 0 Å². The summed E-state index contributed by atoms with van der Waals surface area (Å²) in [6.07, 6.45) is 4.69. The van der Waals surface area contributed by atoms with Crippen molar-refractivity contribution in [2.45, 2.75) is 52.9 Å². The lowest BCUT2D eigenvalue weighted by atomic mass is 10.1. The largest absolute Gasteiger partial charge is 0.493 e. The molecule has 0 atom stereocenters. The van der Waals surface area contributed by atoms with E-state index in [2.05, 4.69) is 13.8 Å². The van der Waals surface area contributed by atoms with Crippen molar-refractivity contribution in [1.82, 2.24) is 0 Å². The minimum Gasteiger partial charge on any atom is -0.493 e. The maximum Gasteiger partial charge on any atom is 0.339 e. The molecule has 4 nitrogen and oxygen atoms in total. The van der Waals surface area contributed by atoms with Gasteiger partial charge in [0.25, 0.3) is 0 Å². The van der Waals surface area contributed by atoms with Crippen molar-refractivity contribution in [3.63, 3.8) is 0 Å². The van der Waals surface area contributed by atoms with Crippen LogP contribution < -0.4 is 9.47 Å². The SMILES string of the molecule is CCCCOc1cc(OCCCC)c(C(=O)O)cc1CC. The molecule has 1 rings (SSSR count). The van der Waals surface area contributed by atoms with Crippen LogP contribution in [0.15, 0.2) is 12.1 Å². The molecule has 1 aromatic rings. The zero-order chi connectivity index (χ0) is 15.7. The second-order valence-electron chi connectivity index (χ2n) is 5.02. The van der Waals surface area contributed by atoms with Gasteiger partial charge in [-0.1, -0.05) is 33.6 Å². The summed E-state index contributed by atoms with van der Waals surface area (Å²) < 4.78 is 11.4. The van der Waals surface area contributed by atoms with E-state index in [4.69, 9.17) is 9.47 Å². The van der Waals surface area contributed by atoms with Crippen molar-refractivity contribution >= 4 is 5.97 Å². The second-order valence-corrected chi connectivity index (χ2v) is 5.02. The standard InChI is InChI=1S/C17H26O4/c1-4-7-9-20-15-12-16(21-10-8-5-2)14(17(18)19)11-13(15)6-3/h11-12H,4-10H2,1-3H3,(H,18,19). The minimum absolute atomic E-state index is 0.214. The van der Waals surface area contributed by atoms with Crippen LogP contribution in [0.2, 0.25) is 0 Å². The fourth-order valence-electron chi connectivity index (χ4n) is 1.96. The van der Waals surface area contributed by atoms with Crippen LogP contribution in [0.4, 0.5) is 0 Å². The van der Waals surface area contributed by atoms with Gasteiger partial charge in [-0.15, -0.1) is 0 Å². The van der Waals surface area contributed by atoms with E-state index in [1.807, 2.05) is 6.92 Å². The van der Waals surface area contributed by atoms with Gasteiger partial charge >= 0.3 is 5.97 Å². The highest BCUT2D eigenvalue weighted by Crippen LogP contribution is 2.30. The molecule has 0 heterocycles. The van der Waals surface area contributed by atoms with Gasteiger partial charge in [0, 0.05) is 6.07 Å². The molecular formula is C17H26O4. The average molecular weight is 294 g/mol. The van der Waals surface area contributed by atoms with Crippen molar-refractivity contribution in [3.05, 3.63) is 23.3 Å². The first-order valence-electron chi connectivity index (χ1n) is 7.79. The van der Waals surface area contributed by atoms with E-state index in [-0.39, 0.29) is 5.56 Å². The van der Waals surface area contributed by atoms with Crippen molar-refractivity contribution in [2.75, 3.05) is 13.2 Å². The van der Waals surface area contributed by atoms with Crippen LogP contribution in [0.25, 0.3) is 0 Å². The molecule has 0 radical (unpaired) electrons. The molecule has 1 aromatic carbocycles. The average Bonchev–Trinajstić information content (AvgIpc) is 2.47. The zero-order valence-corrected chi connectivity index (χ0v) is 13.3. The Morgan fingerprint density at radius 3 is 2.05 bits per heavy atom. The molecule has 118 valence electrons. The topological polar surface area (TPSA) is 55.8 Å². The predicted octanol–water partition coefficient (Wildman–Crippen LogP) is 4.31. The lowest BCUT2D eigenvalue weighted by molar-refractivity contribution is 0.0692. The summed E-state index contributed by atoms with van der Waals surface area (Å²) in [5.41, 5.74) is 1.12. The first-order valence-corrected chi connectivity index (χ1v) is 7.79. The van der Waals surface area contributed by atoms with Crippen LogP contribution in [0, 0.1) is 0 Å². The predicted molar refractivity (Wildman–Crippen MR) is 83.6 cm³/mol. The Kier molecular flexibility index (Phi) is 7.65. The molecule has 0 unspecified atom stereocenters. The van der Waals surface area contributed by atoms with Crippen molar-refractivity contribution in [1.29, 1.82) is 0 Å². The molecule has 0 aliphatic heterocycles. The molecular weight excluding hydrogens is 268 g/mol. The highest BCUT2D eigenvalue weighted by molar-refractivity contribution is 5.91. The molecule has 0 spiro atoms. The number of benzene rings is 1. The molecule has 0 aliphatic carbocycles. The lowest BCUT2D eigenvalue weighted by Gasteiger charge is -2.15. The summed E-state index contributed by atoms with van der Waals surface area (Å²) in [6, 6.07) is 3.40. The molecule has 1 N–H and O–H groups in total. The number of carbonyl (C=O) groups is 1. The number of hydrogen-bond acceptors (Lipinski definition) is 3. The first kappa shape index (κ1) is 17.3. The highest BCUT2D eigenvalue weighted by atomic mass is 16.5. The fraction of sp³-hybridized carbons (Fsp3) is 0.588. The van der Waals surface area contributed by atoms with Gasteiger partial charge in [-0.25, -0.2) is 4.79 Å². The van der Waals surface area contributed by atoms with Gasteiger partial charge in [-0.05, 0) is 30.9 Å². The van der Waals surface area contributed by atoms with E-state index in [0.29, 0.717) is 19.0 Å². The maximum atomic E-state index is 11.4. The Morgan fingerprint density at radius 2 is 1.57 bits per heavy atom. The van der Waals surface area contributed by atoms with E-state index in [0.717, 1.165) is 43.4 Å². The van der Waals surface area contributed by atoms with E-state index in [1.165, 1.54) is 0 Å². The summed E-state index contributed by atoms with van der Waals surface area (Å²) in [5, 5.41) is 9.33. The number of ether oxygens (including phenoxy) is 2. The van der Waals surface area contributed by atoms with Crippen LogP contribution in [0.3, 0.4) is 0 Å². The molecule has 0 bridgehead atoms. The summed E-state index contributed by atoms with van der Waals surface area (Å²) in [6.45, 7) is 7.34. The smallest absolute Gasteiger partial charge is 0.339 e. The Hall–Kier alpha value is -1.71. The molecule has 0 fully saturated rings. The van der Waals surface area contributed by atoms with Gasteiger partial charge in [0.15, 0.2) is 0 Å². The van der Waals surface area contributed by atoms with Gasteiger partial charge < -0.3 is 14.6 Å². The number of rotatable bonds is 10. The fourth-order valence-corrected chi connectivity index (χ4v) is 1.96. The number of carboxylic acids is 1. The Bertz CT molecular complexity index is 454. The molecule has 0 saturated heterocycles. The quantitative estimate of drug-likeness (QED) is 0.653. The summed E-state index contributed by atoms with van der Waals surface area (Å²) in [4.78, 5) is 11.4. The number of carboxylic acid groups (broad SMARTS) is 1. The second kappa shape index (κ2) is 9.27. The molecule has 0 saturated carbocycles. The molecule has 0 amide bonds. The first-order chi connectivity index (χ1) is 10.1. The van der Waals surface area contributed by atoms with Crippen molar-refractivity contribution < 1.29 is 19.4 Å². The van der Waals surface area contributed by atoms with E-state index in [9.17, 15) is 9.90 Å². The number of aryl methyl sites for hydroxylation is 1. The normalized spacial score (nSPS) is 10.4. The Labute approximate surface area is 127 Å². The summed E-state index contributed by atoms with van der Waals surface area (Å²) in [7, 11) is 0. The Balaban J connectivity index is 3.00. The lowest BCUT2D eigenvalue weighted by Crippen LogP contribution is -2.07. The van der Waals surface area contributed by atoms with E-state index < -0.39 is 5.97 Å². The monoisotopic (exact) mass is 294 g/mol. The maximum absolute atomic E-state index is 11.4. The van der Waals surface area contributed by atoms with Crippen LogP contribution in [-0.2, 0) is 6.42 Å². The molecule has 0 aliphatic rings. The third-order valence-corrected chi connectivity index (χ3v) is 3.28. The zero-order valence-electron chi connectivity index (χ0n) is 13.3. The third-order valence-electron chi connectivity index (χ3n) is 3.28. The van der Waals surface area contributed by atoms with Crippen molar-refractivity contribution in [3.8, 4) is 11.5 Å². The van der Waals surface area contributed by atoms with Gasteiger partial charge in [-0.3, -0.25) is 0 Å². The van der Waals surface area contributed by atoms with Crippen LogP contribution in [0.5, 0.6) is 11.5 Å². The van der Waals surface area contributed by atoms with Gasteiger partial charge in [0.1, 0.15) is 17.1 Å². The third kappa shape index (κ3) is 5.29. The summed E-state index contributed by atoms with van der Waals surface area (Å²) in [5.74, 6) is 0.179. The van der Waals surface area contributed by atoms with E-state index in [1.54, 1.807) is 12.1 Å². The van der Waals surface area contributed by atoms with Crippen LogP contribution in [-0.4, -0.2) is 24.3 Å². The van der Waals surface area contributed by atoms with Crippen LogP contribution in [0.1, 0.15) is 62.4 Å². The molecule has 0 aromatic heterocycles. The molecule has 4 heteroatoms.